The van der Waals surface area contributed by atoms with Crippen molar-refractivity contribution < 1.29 is 0 Å². The molecule has 0 aromatic carbocycles. The van der Waals surface area contributed by atoms with Crippen LogP contribution >= 0.6 is 81.2 Å². The summed E-state index contributed by atoms with van der Waals surface area (Å²) in [5.41, 5.74) is 0. The van der Waals surface area contributed by atoms with E-state index >= 15 is 0 Å². The Balaban J connectivity index is 0.000000637. The number of alkyl halides is 5. The zero-order chi connectivity index (χ0) is 14.8. The van der Waals surface area contributed by atoms with E-state index in [9.17, 15) is 0 Å². The summed E-state index contributed by atoms with van der Waals surface area (Å²) in [6.45, 7) is 6.00. The molecule has 0 spiro atoms. The summed E-state index contributed by atoms with van der Waals surface area (Å²) >= 11 is 44.5. The van der Waals surface area contributed by atoms with Crippen LogP contribution in [0, 0.1) is 11.8 Å². The van der Waals surface area contributed by atoms with Crippen LogP contribution in [0.15, 0.2) is 35.4 Å². The van der Waals surface area contributed by atoms with Crippen molar-refractivity contribution in [3.05, 3.63) is 35.4 Å². The average Bonchev–Trinajstić information content (AvgIpc) is 2.86. The zero-order valence-electron chi connectivity index (χ0n) is 9.45. The van der Waals surface area contributed by atoms with E-state index in [2.05, 4.69) is 13.2 Å². The van der Waals surface area contributed by atoms with Crippen LogP contribution < -0.4 is 0 Å². The van der Waals surface area contributed by atoms with E-state index in [-0.39, 0.29) is 27.3 Å². The first-order chi connectivity index (χ1) is 8.70. The van der Waals surface area contributed by atoms with Gasteiger partial charge in [-0.05, 0) is 0 Å². The Labute approximate surface area is 147 Å². The van der Waals surface area contributed by atoms with Gasteiger partial charge in [-0.25, -0.2) is 0 Å². The molecule has 5 unspecified atom stereocenters. The third-order valence-electron chi connectivity index (χ3n) is 3.90. The van der Waals surface area contributed by atoms with Gasteiger partial charge in [0.05, 0.1) is 15.4 Å². The molecule has 0 aliphatic heterocycles. The molecule has 0 heterocycles. The molecule has 19 heavy (non-hydrogen) atoms. The highest BCUT2D eigenvalue weighted by molar-refractivity contribution is 6.66. The van der Waals surface area contributed by atoms with Gasteiger partial charge in [-0.15, -0.1) is 48.0 Å². The van der Waals surface area contributed by atoms with Crippen LogP contribution in [0.5, 0.6) is 0 Å². The Kier molecular flexibility index (Phi) is 4.27. The number of hydrogen-bond donors (Lipinski definition) is 0. The lowest BCUT2D eigenvalue weighted by Crippen LogP contribution is -2.45. The molecule has 0 aromatic heterocycles. The molecule has 3 aliphatic rings. The molecule has 1 saturated carbocycles. The predicted octanol–water partition coefficient (Wildman–Crippen LogP) is 6.04. The van der Waals surface area contributed by atoms with Gasteiger partial charge >= 0.3 is 0 Å². The number of allylic oxidation sites excluding steroid dienone is 4. The normalized spacial score (nSPS) is 49.1. The van der Waals surface area contributed by atoms with Crippen molar-refractivity contribution >= 4 is 81.2 Å². The first-order valence-electron chi connectivity index (χ1n) is 5.35. The summed E-state index contributed by atoms with van der Waals surface area (Å²) in [7, 11) is 0. The van der Waals surface area contributed by atoms with Crippen LogP contribution in [-0.2, 0) is 0 Å². The van der Waals surface area contributed by atoms with Crippen LogP contribution in [0.2, 0.25) is 0 Å². The fourth-order valence-electron chi connectivity index (χ4n) is 3.08. The molecular formula is C12H9Cl7. The van der Waals surface area contributed by atoms with Gasteiger partial charge in [0, 0.05) is 11.8 Å². The lowest BCUT2D eigenvalue weighted by molar-refractivity contribution is 0.420. The predicted molar refractivity (Wildman–Crippen MR) is 87.4 cm³/mol. The van der Waals surface area contributed by atoms with E-state index in [0.29, 0.717) is 0 Å². The second-order valence-corrected chi connectivity index (χ2v) is 8.29. The van der Waals surface area contributed by atoms with E-state index in [4.69, 9.17) is 81.2 Å². The Morgan fingerprint density at radius 3 is 1.89 bits per heavy atom. The molecule has 106 valence electrons. The van der Waals surface area contributed by atoms with E-state index in [0.717, 1.165) is 0 Å². The molecule has 0 saturated heterocycles. The molecule has 0 N–H and O–H groups in total. The molecule has 2 bridgehead atoms. The Hall–Kier alpha value is 1.25. The van der Waals surface area contributed by atoms with Crippen molar-refractivity contribution in [1.29, 1.82) is 0 Å². The van der Waals surface area contributed by atoms with Crippen LogP contribution in [0.25, 0.3) is 0 Å². The summed E-state index contributed by atoms with van der Waals surface area (Å²) in [4.78, 5) is -2.45. The van der Waals surface area contributed by atoms with Gasteiger partial charge in [0.2, 0.25) is 0 Å². The van der Waals surface area contributed by atoms with Crippen molar-refractivity contribution in [3.8, 4) is 0 Å². The lowest BCUT2D eigenvalue weighted by atomic mass is 9.84. The second-order valence-electron chi connectivity index (χ2n) is 4.51. The molecule has 5 atom stereocenters. The molecular weight excluding hydrogens is 392 g/mol. The van der Waals surface area contributed by atoms with Crippen molar-refractivity contribution in [3.63, 3.8) is 0 Å². The Bertz CT molecular complexity index is 482. The summed E-state index contributed by atoms with van der Waals surface area (Å²) in [6, 6.07) is 0. The van der Waals surface area contributed by atoms with Crippen LogP contribution in [0.1, 0.15) is 0 Å². The highest BCUT2D eigenvalue weighted by Crippen LogP contribution is 2.78. The SMILES string of the molecule is C=C.ClC1=C(Cl)C2(Cl)C3C(Cl)C=CC3C1(Cl)C2(Cl)Cl. The van der Waals surface area contributed by atoms with E-state index < -0.39 is 14.1 Å². The number of rotatable bonds is 0. The van der Waals surface area contributed by atoms with Gasteiger partial charge in [-0.3, -0.25) is 0 Å². The number of halogens is 7. The van der Waals surface area contributed by atoms with Crippen LogP contribution in [-0.4, -0.2) is 19.5 Å². The smallest absolute Gasteiger partial charge is 0.118 e. The van der Waals surface area contributed by atoms with Gasteiger partial charge in [0.1, 0.15) is 9.75 Å². The van der Waals surface area contributed by atoms with Crippen molar-refractivity contribution in [2.45, 2.75) is 19.5 Å². The molecule has 0 nitrogen and oxygen atoms in total. The molecule has 0 amide bonds. The van der Waals surface area contributed by atoms with E-state index in [1.165, 1.54) is 0 Å². The summed E-state index contributed by atoms with van der Waals surface area (Å²) in [5.74, 6) is -0.470. The summed E-state index contributed by atoms with van der Waals surface area (Å²) in [6.07, 6.45) is 3.69. The minimum absolute atomic E-state index is 0.205. The quantitative estimate of drug-likeness (QED) is 0.343. The van der Waals surface area contributed by atoms with Gasteiger partial charge in [-0.1, -0.05) is 58.6 Å². The molecule has 3 rings (SSSR count). The molecule has 7 heteroatoms. The van der Waals surface area contributed by atoms with Gasteiger partial charge in [-0.2, -0.15) is 0 Å². The highest BCUT2D eigenvalue weighted by atomic mass is 35.5. The van der Waals surface area contributed by atoms with Gasteiger partial charge in [0.15, 0.2) is 4.33 Å². The van der Waals surface area contributed by atoms with Crippen molar-refractivity contribution in [1.82, 2.24) is 0 Å². The van der Waals surface area contributed by atoms with Crippen molar-refractivity contribution in [2.24, 2.45) is 11.8 Å². The minimum Gasteiger partial charge on any atom is -0.118 e. The van der Waals surface area contributed by atoms with E-state index in [1.54, 1.807) is 0 Å². The number of hydrogen-bond acceptors (Lipinski definition) is 0. The first kappa shape index (κ1) is 16.6. The molecule has 0 aromatic rings. The monoisotopic (exact) mass is 398 g/mol. The Morgan fingerprint density at radius 2 is 1.37 bits per heavy atom. The average molecular weight is 401 g/mol. The standard InChI is InChI=1S/C10H5Cl7.C2H4/c11-4-2-1-3-5(4)9(15)7(13)6(12)8(3,14)10(9,16)17;1-2/h1-5H;1-2H2. The topological polar surface area (TPSA) is 0 Å². The summed E-state index contributed by atoms with van der Waals surface area (Å²) < 4.78 is -1.48. The largest absolute Gasteiger partial charge is 0.167 e. The van der Waals surface area contributed by atoms with Crippen LogP contribution in [0.3, 0.4) is 0 Å². The van der Waals surface area contributed by atoms with Crippen molar-refractivity contribution in [2.75, 3.05) is 0 Å². The summed E-state index contributed by atoms with van der Waals surface area (Å²) in [5, 5.41) is 0.113. The maximum atomic E-state index is 6.57. The minimum atomic E-state index is -1.48. The highest BCUT2D eigenvalue weighted by Gasteiger charge is 2.83. The molecule has 0 radical (unpaired) electrons. The third kappa shape index (κ3) is 1.58. The third-order valence-corrected chi connectivity index (χ3v) is 8.61. The van der Waals surface area contributed by atoms with Gasteiger partial charge < -0.3 is 0 Å². The van der Waals surface area contributed by atoms with Gasteiger partial charge in [0.25, 0.3) is 0 Å². The molecule has 1 fully saturated rings. The second kappa shape index (κ2) is 4.88. The maximum Gasteiger partial charge on any atom is 0.167 e. The van der Waals surface area contributed by atoms with E-state index in [1.807, 2.05) is 12.2 Å². The maximum absolute atomic E-state index is 6.57. The van der Waals surface area contributed by atoms with Crippen LogP contribution in [0.4, 0.5) is 0 Å². The lowest BCUT2D eigenvalue weighted by Gasteiger charge is -2.34. The number of fused-ring (bicyclic) bond motifs is 5. The Morgan fingerprint density at radius 1 is 0.895 bits per heavy atom. The first-order valence-corrected chi connectivity index (χ1v) is 8.05. The fraction of sp³-hybridized carbons (Fsp3) is 0.500. The molecule has 3 aliphatic carbocycles. The fourth-order valence-corrected chi connectivity index (χ4v) is 6.60. The zero-order valence-corrected chi connectivity index (χ0v) is 14.7.